The lowest BCUT2D eigenvalue weighted by Gasteiger charge is -2.26. The fourth-order valence-electron chi connectivity index (χ4n) is 2.45. The fraction of sp³-hybridized carbons (Fsp3) is 0.643. The Balaban J connectivity index is 2.94. The molecule has 0 aromatic carbocycles. The van der Waals surface area contributed by atoms with Gasteiger partial charge in [0, 0.05) is 12.3 Å². The van der Waals surface area contributed by atoms with Crippen molar-refractivity contribution < 1.29 is 38.6 Å². The van der Waals surface area contributed by atoms with Gasteiger partial charge in [0.25, 0.3) is 0 Å². The van der Waals surface area contributed by atoms with Crippen molar-refractivity contribution in [1.29, 1.82) is 0 Å². The van der Waals surface area contributed by atoms with E-state index in [2.05, 4.69) is 20.1 Å². The van der Waals surface area contributed by atoms with Gasteiger partial charge >= 0.3 is 17.9 Å². The van der Waals surface area contributed by atoms with Crippen molar-refractivity contribution >= 4 is 29.7 Å². The van der Waals surface area contributed by atoms with Gasteiger partial charge in [0.2, 0.25) is 11.8 Å². The Hall–Kier alpha value is -2.65. The molecule has 0 unspecified atom stereocenters. The fourth-order valence-corrected chi connectivity index (χ4v) is 2.45. The maximum Gasteiger partial charge on any atom is 0.326 e. The minimum absolute atomic E-state index is 0.165. The van der Waals surface area contributed by atoms with E-state index in [1.54, 1.807) is 0 Å². The molecule has 0 saturated carbocycles. The third-order valence-electron chi connectivity index (χ3n) is 3.84. The third-order valence-corrected chi connectivity index (χ3v) is 3.84. The Labute approximate surface area is 137 Å². The van der Waals surface area contributed by atoms with Crippen LogP contribution in [0.2, 0.25) is 0 Å². The molecule has 1 aliphatic heterocycles. The Morgan fingerprint density at radius 1 is 1.21 bits per heavy atom. The number of carbonyl (C=O) groups excluding carboxylic acids is 4. The second kappa shape index (κ2) is 8.27. The zero-order valence-corrected chi connectivity index (χ0v) is 13.5. The van der Waals surface area contributed by atoms with Gasteiger partial charge in [-0.3, -0.25) is 19.2 Å². The van der Waals surface area contributed by atoms with Crippen molar-refractivity contribution in [2.24, 2.45) is 11.8 Å². The van der Waals surface area contributed by atoms with Crippen molar-refractivity contribution in [3.8, 4) is 0 Å². The van der Waals surface area contributed by atoms with E-state index < -0.39 is 47.7 Å². The van der Waals surface area contributed by atoms with Crippen LogP contribution in [0.5, 0.6) is 0 Å². The molecular formula is C14H20N2O8. The third kappa shape index (κ3) is 4.43. The molecule has 1 aliphatic rings. The first-order valence-electron chi connectivity index (χ1n) is 7.21. The standard InChI is InChI=1S/C14H20N2O8/c1-6(9(13(21)23-2)14(22)24-3)10(12(19)20)16-11(18)7-4-5-8(17)15-7/h6-7,9-10H,4-5H2,1-3H3,(H,15,17)(H,16,18)(H,19,20)/t6-,7-,10+/m0/s1. The first-order chi connectivity index (χ1) is 11.2. The number of hydrogen-bond acceptors (Lipinski definition) is 7. The van der Waals surface area contributed by atoms with Gasteiger partial charge < -0.3 is 25.2 Å². The molecule has 1 heterocycles. The molecule has 0 aromatic rings. The minimum Gasteiger partial charge on any atom is -0.480 e. The number of rotatable bonds is 7. The number of carbonyl (C=O) groups is 5. The lowest BCUT2D eigenvalue weighted by atomic mass is 9.87. The molecule has 10 heteroatoms. The van der Waals surface area contributed by atoms with Crippen LogP contribution in [0.3, 0.4) is 0 Å². The SMILES string of the molecule is COC(=O)C(C(=O)OC)[C@H](C)[C@@H](NC(=O)[C@@H]1CCC(=O)N1)C(=O)O. The second-order valence-corrected chi connectivity index (χ2v) is 5.37. The largest absolute Gasteiger partial charge is 0.480 e. The average molecular weight is 344 g/mol. The van der Waals surface area contributed by atoms with Crippen molar-refractivity contribution in [3.05, 3.63) is 0 Å². The highest BCUT2D eigenvalue weighted by molar-refractivity contribution is 5.97. The van der Waals surface area contributed by atoms with E-state index in [1.807, 2.05) is 0 Å². The topological polar surface area (TPSA) is 148 Å². The van der Waals surface area contributed by atoms with Crippen molar-refractivity contribution in [3.63, 3.8) is 0 Å². The van der Waals surface area contributed by atoms with Gasteiger partial charge in [-0.25, -0.2) is 4.79 Å². The molecule has 1 rings (SSSR count). The molecule has 2 amide bonds. The minimum atomic E-state index is -1.54. The Bertz CT molecular complexity index is 531. The van der Waals surface area contributed by atoms with Gasteiger partial charge in [-0.2, -0.15) is 0 Å². The highest BCUT2D eigenvalue weighted by atomic mass is 16.5. The van der Waals surface area contributed by atoms with Crippen LogP contribution >= 0.6 is 0 Å². The molecule has 0 spiro atoms. The van der Waals surface area contributed by atoms with Crippen LogP contribution in [0.1, 0.15) is 19.8 Å². The Morgan fingerprint density at radius 3 is 2.12 bits per heavy atom. The summed E-state index contributed by atoms with van der Waals surface area (Å²) in [5.41, 5.74) is 0. The molecule has 1 fully saturated rings. The monoisotopic (exact) mass is 344 g/mol. The van der Waals surface area contributed by atoms with Gasteiger partial charge in [0.15, 0.2) is 5.92 Å². The van der Waals surface area contributed by atoms with Gasteiger partial charge in [-0.15, -0.1) is 0 Å². The van der Waals surface area contributed by atoms with Gasteiger partial charge in [0.1, 0.15) is 12.1 Å². The van der Waals surface area contributed by atoms with Gasteiger partial charge in [-0.05, 0) is 6.42 Å². The zero-order valence-electron chi connectivity index (χ0n) is 13.5. The Morgan fingerprint density at radius 2 is 1.75 bits per heavy atom. The normalized spacial score (nSPS) is 19.2. The first kappa shape index (κ1) is 19.4. The van der Waals surface area contributed by atoms with E-state index in [4.69, 9.17) is 0 Å². The number of carboxylic acid groups (broad SMARTS) is 1. The van der Waals surface area contributed by atoms with Crippen molar-refractivity contribution in [1.82, 2.24) is 10.6 Å². The van der Waals surface area contributed by atoms with Crippen LogP contribution in [0.4, 0.5) is 0 Å². The number of aliphatic carboxylic acids is 1. The van der Waals surface area contributed by atoms with Gasteiger partial charge in [-0.1, -0.05) is 6.92 Å². The number of methoxy groups -OCH3 is 2. The predicted octanol–water partition coefficient (Wildman–Crippen LogP) is -1.57. The average Bonchev–Trinajstić information content (AvgIpc) is 2.98. The van der Waals surface area contributed by atoms with E-state index in [1.165, 1.54) is 6.92 Å². The highest BCUT2D eigenvalue weighted by Gasteiger charge is 2.43. The molecule has 134 valence electrons. The molecule has 3 N–H and O–H groups in total. The summed E-state index contributed by atoms with van der Waals surface area (Å²) in [5.74, 6) is -7.03. The lowest BCUT2D eigenvalue weighted by molar-refractivity contribution is -0.163. The Kier molecular flexibility index (Phi) is 6.69. The summed E-state index contributed by atoms with van der Waals surface area (Å²) in [5, 5.41) is 14.0. The van der Waals surface area contributed by atoms with Crippen LogP contribution in [0.15, 0.2) is 0 Å². The highest BCUT2D eigenvalue weighted by Crippen LogP contribution is 2.20. The van der Waals surface area contributed by atoms with Crippen LogP contribution < -0.4 is 10.6 Å². The van der Waals surface area contributed by atoms with E-state index in [-0.39, 0.29) is 18.7 Å². The second-order valence-electron chi connectivity index (χ2n) is 5.37. The molecule has 3 atom stereocenters. The molecule has 0 bridgehead atoms. The summed E-state index contributed by atoms with van der Waals surface area (Å²) < 4.78 is 9.01. The maximum absolute atomic E-state index is 12.1. The number of esters is 2. The van der Waals surface area contributed by atoms with Crippen LogP contribution in [0.25, 0.3) is 0 Å². The quantitative estimate of drug-likeness (QED) is 0.371. The molecule has 0 radical (unpaired) electrons. The molecule has 0 aromatic heterocycles. The number of hydrogen-bond donors (Lipinski definition) is 3. The summed E-state index contributed by atoms with van der Waals surface area (Å²) in [6.07, 6.45) is 0.404. The smallest absolute Gasteiger partial charge is 0.326 e. The summed E-state index contributed by atoms with van der Waals surface area (Å²) in [7, 11) is 2.10. The summed E-state index contributed by atoms with van der Waals surface area (Å²) in [4.78, 5) is 58.3. The van der Waals surface area contributed by atoms with Gasteiger partial charge in [0.05, 0.1) is 14.2 Å². The number of ether oxygens (including phenoxy) is 2. The molecular weight excluding hydrogens is 324 g/mol. The van der Waals surface area contributed by atoms with Crippen LogP contribution in [-0.4, -0.2) is 61.1 Å². The summed E-state index contributed by atoms with van der Waals surface area (Å²) >= 11 is 0. The molecule has 1 saturated heterocycles. The van der Waals surface area contributed by atoms with Crippen molar-refractivity contribution in [2.45, 2.75) is 31.8 Å². The maximum atomic E-state index is 12.1. The predicted molar refractivity (Wildman–Crippen MR) is 77.4 cm³/mol. The van der Waals surface area contributed by atoms with E-state index in [0.717, 1.165) is 14.2 Å². The molecule has 10 nitrogen and oxygen atoms in total. The van der Waals surface area contributed by atoms with E-state index in [9.17, 15) is 29.1 Å². The molecule has 0 aliphatic carbocycles. The summed E-state index contributed by atoms with van der Waals surface area (Å²) in [6.45, 7) is 1.31. The van der Waals surface area contributed by atoms with E-state index in [0.29, 0.717) is 0 Å². The number of nitrogens with one attached hydrogen (secondary N) is 2. The van der Waals surface area contributed by atoms with E-state index >= 15 is 0 Å². The summed E-state index contributed by atoms with van der Waals surface area (Å²) in [6, 6.07) is -2.39. The number of carboxylic acids is 1. The molecule has 24 heavy (non-hydrogen) atoms. The lowest BCUT2D eigenvalue weighted by Crippen LogP contribution is -2.54. The zero-order chi connectivity index (χ0) is 18.4. The first-order valence-corrected chi connectivity index (χ1v) is 7.21. The number of amides is 2. The van der Waals surface area contributed by atoms with Crippen LogP contribution in [0, 0.1) is 11.8 Å². The van der Waals surface area contributed by atoms with Crippen LogP contribution in [-0.2, 0) is 33.4 Å². The van der Waals surface area contributed by atoms with Crippen molar-refractivity contribution in [2.75, 3.05) is 14.2 Å².